The Morgan fingerprint density at radius 3 is 2.52 bits per heavy atom. The van der Waals surface area contributed by atoms with Crippen molar-refractivity contribution in [1.82, 2.24) is 9.80 Å². The van der Waals surface area contributed by atoms with Crippen LogP contribution in [0.5, 0.6) is 0 Å². The number of carbonyl (C=O) groups excluding carboxylic acids is 2. The van der Waals surface area contributed by atoms with Crippen LogP contribution in [0.25, 0.3) is 0 Å². The molecule has 2 aromatic rings. The van der Waals surface area contributed by atoms with E-state index in [0.29, 0.717) is 28.9 Å². The van der Waals surface area contributed by atoms with Gasteiger partial charge in [0.15, 0.2) is 0 Å². The van der Waals surface area contributed by atoms with E-state index in [2.05, 4.69) is 5.32 Å². The van der Waals surface area contributed by atoms with E-state index in [1.807, 2.05) is 23.9 Å². The number of likely N-dealkylation sites (tertiary alicyclic amines) is 1. The fourth-order valence-electron chi connectivity index (χ4n) is 3.21. The van der Waals surface area contributed by atoms with E-state index in [1.165, 1.54) is 12.1 Å². The van der Waals surface area contributed by atoms with Gasteiger partial charge in [-0.05, 0) is 63.3 Å². The third-order valence-corrected chi connectivity index (χ3v) is 4.56. The molecule has 1 fully saturated rings. The summed E-state index contributed by atoms with van der Waals surface area (Å²) in [5.74, 6) is -0.683. The van der Waals surface area contributed by atoms with Crippen LogP contribution >= 0.6 is 0 Å². The molecule has 0 saturated carbocycles. The number of nitrogens with one attached hydrogen (secondary N) is 1. The monoisotopic (exact) mass is 369 g/mol. The normalized spacial score (nSPS) is 13.9. The summed E-state index contributed by atoms with van der Waals surface area (Å²) in [5.41, 5.74) is 1.95. The van der Waals surface area contributed by atoms with Crippen LogP contribution in [0.2, 0.25) is 0 Å². The van der Waals surface area contributed by atoms with E-state index < -0.39 is 0 Å². The Morgan fingerprint density at radius 1 is 1.07 bits per heavy atom. The first-order valence-corrected chi connectivity index (χ1v) is 9.08. The number of halogens is 1. The average molecular weight is 369 g/mol. The van der Waals surface area contributed by atoms with E-state index in [4.69, 9.17) is 0 Å². The third kappa shape index (κ3) is 4.71. The minimum atomic E-state index is -0.335. The molecule has 0 aromatic heterocycles. The van der Waals surface area contributed by atoms with Gasteiger partial charge in [-0.1, -0.05) is 6.07 Å². The second-order valence-corrected chi connectivity index (χ2v) is 7.08. The summed E-state index contributed by atoms with van der Waals surface area (Å²) in [4.78, 5) is 28.7. The highest BCUT2D eigenvalue weighted by Crippen LogP contribution is 2.18. The molecule has 0 atom stereocenters. The minimum absolute atomic E-state index is 0.0151. The first-order chi connectivity index (χ1) is 12.9. The van der Waals surface area contributed by atoms with Gasteiger partial charge in [0.25, 0.3) is 11.8 Å². The molecule has 2 amide bonds. The van der Waals surface area contributed by atoms with Gasteiger partial charge in [-0.15, -0.1) is 0 Å². The van der Waals surface area contributed by atoms with Crippen LogP contribution in [0, 0.1) is 5.82 Å². The van der Waals surface area contributed by atoms with Gasteiger partial charge in [-0.2, -0.15) is 0 Å². The Labute approximate surface area is 158 Å². The first kappa shape index (κ1) is 19.0. The lowest BCUT2D eigenvalue weighted by atomic mass is 10.1. The van der Waals surface area contributed by atoms with Crippen LogP contribution in [-0.2, 0) is 6.54 Å². The Morgan fingerprint density at radius 2 is 1.81 bits per heavy atom. The highest BCUT2D eigenvalue weighted by molar-refractivity contribution is 6.05. The minimum Gasteiger partial charge on any atom is -0.339 e. The summed E-state index contributed by atoms with van der Waals surface area (Å²) >= 11 is 0. The van der Waals surface area contributed by atoms with Crippen molar-refractivity contribution in [2.75, 3.05) is 32.5 Å². The first-order valence-electron chi connectivity index (χ1n) is 9.08. The molecule has 27 heavy (non-hydrogen) atoms. The van der Waals surface area contributed by atoms with Crippen molar-refractivity contribution in [2.24, 2.45) is 0 Å². The van der Waals surface area contributed by atoms with E-state index >= 15 is 0 Å². The molecule has 0 aliphatic carbocycles. The van der Waals surface area contributed by atoms with Gasteiger partial charge in [-0.3, -0.25) is 9.59 Å². The van der Waals surface area contributed by atoms with Crippen LogP contribution in [0.15, 0.2) is 42.5 Å². The number of nitrogens with zero attached hydrogens (tertiary/aromatic N) is 2. The zero-order valence-corrected chi connectivity index (χ0v) is 15.7. The van der Waals surface area contributed by atoms with E-state index in [9.17, 15) is 14.0 Å². The van der Waals surface area contributed by atoms with Gasteiger partial charge in [0.2, 0.25) is 0 Å². The van der Waals surface area contributed by atoms with Crippen molar-refractivity contribution in [1.29, 1.82) is 0 Å². The Balaban J connectivity index is 1.74. The molecule has 5 nitrogen and oxygen atoms in total. The smallest absolute Gasteiger partial charge is 0.255 e. The molecule has 142 valence electrons. The van der Waals surface area contributed by atoms with Gasteiger partial charge in [-0.25, -0.2) is 4.39 Å². The number of rotatable bonds is 5. The van der Waals surface area contributed by atoms with Crippen molar-refractivity contribution in [3.63, 3.8) is 0 Å². The quantitative estimate of drug-likeness (QED) is 0.879. The zero-order chi connectivity index (χ0) is 19.4. The number of amides is 2. The van der Waals surface area contributed by atoms with Crippen molar-refractivity contribution in [2.45, 2.75) is 19.4 Å². The molecule has 2 aromatic carbocycles. The Bertz CT molecular complexity index is 845. The van der Waals surface area contributed by atoms with Crippen molar-refractivity contribution < 1.29 is 14.0 Å². The molecule has 0 bridgehead atoms. The van der Waals surface area contributed by atoms with Gasteiger partial charge < -0.3 is 15.1 Å². The van der Waals surface area contributed by atoms with Crippen LogP contribution in [0.1, 0.15) is 39.1 Å². The molecular weight excluding hydrogens is 345 g/mol. The lowest BCUT2D eigenvalue weighted by molar-refractivity contribution is 0.0792. The molecule has 3 rings (SSSR count). The average Bonchev–Trinajstić information content (AvgIpc) is 3.17. The van der Waals surface area contributed by atoms with Crippen LogP contribution in [0.3, 0.4) is 0 Å². The van der Waals surface area contributed by atoms with Crippen LogP contribution in [-0.4, -0.2) is 48.8 Å². The maximum absolute atomic E-state index is 13.9. The fraction of sp³-hybridized carbons (Fsp3) is 0.333. The Kier molecular flexibility index (Phi) is 5.86. The molecule has 6 heteroatoms. The molecule has 1 heterocycles. The highest BCUT2D eigenvalue weighted by atomic mass is 19.1. The second kappa shape index (κ2) is 8.31. The number of anilines is 1. The third-order valence-electron chi connectivity index (χ3n) is 4.56. The number of carbonyl (C=O) groups is 2. The summed E-state index contributed by atoms with van der Waals surface area (Å²) in [6.45, 7) is 1.96. The molecule has 0 spiro atoms. The summed E-state index contributed by atoms with van der Waals surface area (Å²) in [6.07, 6.45) is 2.06. The van der Waals surface area contributed by atoms with Gasteiger partial charge in [0.1, 0.15) is 5.82 Å². The van der Waals surface area contributed by atoms with Crippen LogP contribution in [0.4, 0.5) is 10.1 Å². The van der Waals surface area contributed by atoms with E-state index in [-0.39, 0.29) is 17.6 Å². The standard InChI is InChI=1S/C21H24FN3O2/c1-24(2)14-17-12-15(8-9-19(17)22)20(26)23-18-7-5-6-16(13-18)21(27)25-10-3-4-11-25/h5-9,12-13H,3-4,10-11,14H2,1-2H3,(H,23,26). The highest BCUT2D eigenvalue weighted by Gasteiger charge is 2.20. The molecule has 1 N–H and O–H groups in total. The summed E-state index contributed by atoms with van der Waals surface area (Å²) in [5, 5.41) is 2.80. The van der Waals surface area contributed by atoms with E-state index in [0.717, 1.165) is 25.9 Å². The van der Waals surface area contributed by atoms with Gasteiger partial charge >= 0.3 is 0 Å². The summed E-state index contributed by atoms with van der Waals surface area (Å²) in [6, 6.07) is 11.3. The second-order valence-electron chi connectivity index (χ2n) is 7.08. The van der Waals surface area contributed by atoms with Crippen molar-refractivity contribution in [3.05, 3.63) is 65.0 Å². The van der Waals surface area contributed by atoms with Gasteiger partial charge in [0, 0.05) is 42.0 Å². The number of benzene rings is 2. The largest absolute Gasteiger partial charge is 0.339 e. The predicted octanol–water partition coefficient (Wildman–Crippen LogP) is 3.38. The van der Waals surface area contributed by atoms with Gasteiger partial charge in [0.05, 0.1) is 0 Å². The molecular formula is C21H24FN3O2. The van der Waals surface area contributed by atoms with E-state index in [1.54, 1.807) is 30.3 Å². The summed E-state index contributed by atoms with van der Waals surface area (Å²) in [7, 11) is 3.68. The predicted molar refractivity (Wildman–Crippen MR) is 103 cm³/mol. The zero-order valence-electron chi connectivity index (χ0n) is 15.7. The van der Waals surface area contributed by atoms with Crippen molar-refractivity contribution >= 4 is 17.5 Å². The molecule has 1 aliphatic heterocycles. The SMILES string of the molecule is CN(C)Cc1cc(C(=O)Nc2cccc(C(=O)N3CCCC3)c2)ccc1F. The molecule has 1 saturated heterocycles. The maximum atomic E-state index is 13.9. The van der Waals surface area contributed by atoms with Crippen LogP contribution < -0.4 is 5.32 Å². The summed E-state index contributed by atoms with van der Waals surface area (Å²) < 4.78 is 13.9. The number of hydrogen-bond donors (Lipinski definition) is 1. The molecule has 1 aliphatic rings. The Hall–Kier alpha value is -2.73. The fourth-order valence-corrected chi connectivity index (χ4v) is 3.21. The maximum Gasteiger partial charge on any atom is 0.255 e. The lowest BCUT2D eigenvalue weighted by Gasteiger charge is -2.16. The number of hydrogen-bond acceptors (Lipinski definition) is 3. The molecule has 0 unspecified atom stereocenters. The molecule has 0 radical (unpaired) electrons. The topological polar surface area (TPSA) is 52.7 Å². The van der Waals surface area contributed by atoms with Crippen molar-refractivity contribution in [3.8, 4) is 0 Å². The lowest BCUT2D eigenvalue weighted by Crippen LogP contribution is -2.27.